The molecule has 7 nitrogen and oxygen atoms in total. The van der Waals surface area contributed by atoms with Crippen LogP contribution in [0.3, 0.4) is 0 Å². The Kier molecular flexibility index (Phi) is 6.21. The van der Waals surface area contributed by atoms with E-state index in [0.717, 1.165) is 11.3 Å². The van der Waals surface area contributed by atoms with Gasteiger partial charge in [0.05, 0.1) is 5.75 Å². The molecule has 1 rings (SSSR count). The fourth-order valence-corrected chi connectivity index (χ4v) is 2.61. The third kappa shape index (κ3) is 4.64. The molecule has 0 aliphatic rings. The van der Waals surface area contributed by atoms with E-state index in [1.54, 1.807) is 6.07 Å². The van der Waals surface area contributed by atoms with Crippen molar-refractivity contribution < 1.29 is 12.7 Å². The standard InChI is InChI=1S/C12H22N4O3S/c1-3-16(6-7-20(17,18)19-15-2)11-4-5-12(14)10(8-11)9-13/h4-5,8,15H,3,6-7,9,13-14H2,1-2H3. The minimum absolute atomic E-state index is 0.107. The van der Waals surface area contributed by atoms with Crippen molar-refractivity contribution in [2.75, 3.05) is 36.5 Å². The SMILES string of the molecule is CCN(CCS(=O)(=O)ONC)c1ccc(N)c(CN)c1. The summed E-state index contributed by atoms with van der Waals surface area (Å²) in [6.07, 6.45) is 0. The van der Waals surface area contributed by atoms with Gasteiger partial charge in [-0.15, -0.1) is 0 Å². The van der Waals surface area contributed by atoms with E-state index in [1.165, 1.54) is 7.05 Å². The average Bonchev–Trinajstić information content (AvgIpc) is 2.40. The average molecular weight is 302 g/mol. The van der Waals surface area contributed by atoms with E-state index >= 15 is 0 Å². The molecular formula is C12H22N4O3S. The van der Waals surface area contributed by atoms with Crippen molar-refractivity contribution in [1.29, 1.82) is 0 Å². The Morgan fingerprint density at radius 2 is 2.10 bits per heavy atom. The van der Waals surface area contributed by atoms with Gasteiger partial charge >= 0.3 is 0 Å². The smallest absolute Gasteiger partial charge is 0.284 e. The monoisotopic (exact) mass is 302 g/mol. The van der Waals surface area contributed by atoms with E-state index in [4.69, 9.17) is 11.5 Å². The molecule has 0 unspecified atom stereocenters. The largest absolute Gasteiger partial charge is 0.398 e. The molecule has 8 heteroatoms. The van der Waals surface area contributed by atoms with Gasteiger partial charge in [-0.1, -0.05) is 0 Å². The Morgan fingerprint density at radius 3 is 2.65 bits per heavy atom. The summed E-state index contributed by atoms with van der Waals surface area (Å²) < 4.78 is 27.5. The lowest BCUT2D eigenvalue weighted by Crippen LogP contribution is -2.31. The van der Waals surface area contributed by atoms with Crippen LogP contribution >= 0.6 is 0 Å². The molecule has 0 aliphatic carbocycles. The lowest BCUT2D eigenvalue weighted by Gasteiger charge is -2.23. The Bertz CT molecular complexity index is 534. The van der Waals surface area contributed by atoms with E-state index < -0.39 is 10.1 Å². The maximum absolute atomic E-state index is 11.5. The number of hydroxylamine groups is 1. The number of hydrogen-bond donors (Lipinski definition) is 3. The number of benzene rings is 1. The summed E-state index contributed by atoms with van der Waals surface area (Å²) in [4.78, 5) is 1.93. The molecule has 0 saturated heterocycles. The zero-order valence-corrected chi connectivity index (χ0v) is 12.6. The molecule has 0 bridgehead atoms. The van der Waals surface area contributed by atoms with Crippen LogP contribution in [0.15, 0.2) is 18.2 Å². The summed E-state index contributed by atoms with van der Waals surface area (Å²) in [7, 11) is -2.17. The van der Waals surface area contributed by atoms with Crippen molar-refractivity contribution in [3.63, 3.8) is 0 Å². The molecule has 0 radical (unpaired) electrons. The van der Waals surface area contributed by atoms with Gasteiger partial charge in [-0.05, 0) is 30.7 Å². The predicted molar refractivity (Wildman–Crippen MR) is 80.6 cm³/mol. The summed E-state index contributed by atoms with van der Waals surface area (Å²) >= 11 is 0. The highest BCUT2D eigenvalue weighted by Gasteiger charge is 2.14. The van der Waals surface area contributed by atoms with Crippen molar-refractivity contribution in [2.24, 2.45) is 5.73 Å². The van der Waals surface area contributed by atoms with Gasteiger partial charge in [-0.2, -0.15) is 18.2 Å². The second-order valence-electron chi connectivity index (χ2n) is 4.22. The van der Waals surface area contributed by atoms with Gasteiger partial charge in [-0.3, -0.25) is 0 Å². The van der Waals surface area contributed by atoms with Gasteiger partial charge in [0, 0.05) is 38.1 Å². The Labute approximate surface area is 120 Å². The molecule has 1 aromatic carbocycles. The van der Waals surface area contributed by atoms with Crippen molar-refractivity contribution in [2.45, 2.75) is 13.5 Å². The van der Waals surface area contributed by atoms with E-state index in [-0.39, 0.29) is 5.75 Å². The fraction of sp³-hybridized carbons (Fsp3) is 0.500. The minimum Gasteiger partial charge on any atom is -0.398 e. The highest BCUT2D eigenvalue weighted by molar-refractivity contribution is 7.86. The molecule has 0 aliphatic heterocycles. The number of anilines is 2. The normalized spacial score (nSPS) is 11.6. The molecule has 0 saturated carbocycles. The van der Waals surface area contributed by atoms with Gasteiger partial charge < -0.3 is 16.4 Å². The van der Waals surface area contributed by atoms with Crippen molar-refractivity contribution in [1.82, 2.24) is 5.48 Å². The van der Waals surface area contributed by atoms with Crippen LogP contribution in [0.1, 0.15) is 12.5 Å². The van der Waals surface area contributed by atoms with Crippen molar-refractivity contribution in [3.8, 4) is 0 Å². The highest BCUT2D eigenvalue weighted by Crippen LogP contribution is 2.21. The van der Waals surface area contributed by atoms with E-state index in [9.17, 15) is 8.42 Å². The summed E-state index contributed by atoms with van der Waals surface area (Å²) in [6, 6.07) is 5.51. The van der Waals surface area contributed by atoms with Crippen LogP contribution in [-0.2, 0) is 20.9 Å². The van der Waals surface area contributed by atoms with Crippen molar-refractivity contribution >= 4 is 21.5 Å². The first-order valence-corrected chi connectivity index (χ1v) is 7.92. The zero-order valence-electron chi connectivity index (χ0n) is 11.8. The van der Waals surface area contributed by atoms with Gasteiger partial charge in [0.1, 0.15) is 0 Å². The van der Waals surface area contributed by atoms with Crippen molar-refractivity contribution in [3.05, 3.63) is 23.8 Å². The molecule has 20 heavy (non-hydrogen) atoms. The molecule has 0 heterocycles. The van der Waals surface area contributed by atoms with Crippen LogP contribution in [0.5, 0.6) is 0 Å². The predicted octanol–water partition coefficient (Wildman–Crippen LogP) is 0.0346. The van der Waals surface area contributed by atoms with Gasteiger partial charge in [0.15, 0.2) is 0 Å². The van der Waals surface area contributed by atoms with Crippen LogP contribution in [0, 0.1) is 0 Å². The third-order valence-corrected chi connectivity index (χ3v) is 4.02. The highest BCUT2D eigenvalue weighted by atomic mass is 32.2. The minimum atomic E-state index is -3.57. The lowest BCUT2D eigenvalue weighted by atomic mass is 10.1. The van der Waals surface area contributed by atoms with E-state index in [1.807, 2.05) is 24.0 Å². The third-order valence-electron chi connectivity index (χ3n) is 2.91. The van der Waals surface area contributed by atoms with Gasteiger partial charge in [0.25, 0.3) is 10.1 Å². The summed E-state index contributed by atoms with van der Waals surface area (Å²) in [5, 5.41) is 0. The number of hydrogen-bond acceptors (Lipinski definition) is 7. The Balaban J connectivity index is 2.81. The quantitative estimate of drug-likeness (QED) is 0.459. The molecule has 5 N–H and O–H groups in total. The maximum Gasteiger partial charge on any atom is 0.284 e. The van der Waals surface area contributed by atoms with Crippen LogP contribution < -0.4 is 21.8 Å². The second kappa shape index (κ2) is 7.44. The van der Waals surface area contributed by atoms with E-state index in [2.05, 4.69) is 9.76 Å². The van der Waals surface area contributed by atoms with Crippen LogP contribution in [0.4, 0.5) is 11.4 Å². The summed E-state index contributed by atoms with van der Waals surface area (Å²) in [5.74, 6) is -0.107. The van der Waals surface area contributed by atoms with Crippen LogP contribution in [-0.4, -0.2) is 34.3 Å². The van der Waals surface area contributed by atoms with Crippen LogP contribution in [0.25, 0.3) is 0 Å². The fourth-order valence-electron chi connectivity index (χ4n) is 1.83. The first-order valence-electron chi connectivity index (χ1n) is 6.34. The zero-order chi connectivity index (χ0) is 15.2. The molecule has 0 aromatic heterocycles. The first-order chi connectivity index (χ1) is 9.43. The number of nitrogens with zero attached hydrogens (tertiary/aromatic N) is 1. The molecule has 1 aromatic rings. The number of nitrogen functional groups attached to an aromatic ring is 1. The number of rotatable bonds is 8. The molecular weight excluding hydrogens is 280 g/mol. The van der Waals surface area contributed by atoms with Gasteiger partial charge in [0.2, 0.25) is 0 Å². The molecule has 0 spiro atoms. The second-order valence-corrected chi connectivity index (χ2v) is 5.91. The van der Waals surface area contributed by atoms with Gasteiger partial charge in [-0.25, -0.2) is 0 Å². The molecule has 0 fully saturated rings. The Hall–Kier alpha value is -1.35. The summed E-state index contributed by atoms with van der Waals surface area (Å²) in [6.45, 7) is 3.29. The van der Waals surface area contributed by atoms with E-state index in [0.29, 0.717) is 25.3 Å². The molecule has 114 valence electrons. The number of nitrogens with two attached hydrogens (primary N) is 2. The molecule has 0 atom stereocenters. The first kappa shape index (κ1) is 16.7. The van der Waals surface area contributed by atoms with Crippen LogP contribution in [0.2, 0.25) is 0 Å². The lowest BCUT2D eigenvalue weighted by molar-refractivity contribution is 0.231. The number of nitrogens with one attached hydrogen (secondary N) is 1. The Morgan fingerprint density at radius 1 is 1.40 bits per heavy atom. The molecule has 0 amide bonds. The summed E-state index contributed by atoms with van der Waals surface area (Å²) in [5.41, 5.74) is 16.0. The topological polar surface area (TPSA) is 111 Å². The maximum atomic E-state index is 11.5.